The van der Waals surface area contributed by atoms with Crippen molar-refractivity contribution in [1.82, 2.24) is 16.0 Å². The molecular weight excluding hydrogens is 1450 g/mol. The first-order valence-electron chi connectivity index (χ1n) is 38.9. The molecule has 0 spiro atoms. The summed E-state index contributed by atoms with van der Waals surface area (Å²) in [6.45, 7) is 27.9. The molecule has 0 aliphatic carbocycles. The Morgan fingerprint density at radius 2 is 1.30 bits per heavy atom. The number of carbonyl (C=O) groups excluding carboxylic acids is 7. The zero-order chi connectivity index (χ0) is 85.7. The van der Waals surface area contributed by atoms with Gasteiger partial charge in [0, 0.05) is 47.5 Å². The van der Waals surface area contributed by atoms with Gasteiger partial charge in [0.1, 0.15) is 18.0 Å². The first kappa shape index (κ1) is 101. The number of rotatable bonds is 29. The minimum Gasteiger partial charge on any atom is -0.479 e. The molecule has 0 aromatic rings. The first-order chi connectivity index (χ1) is 51.9. The van der Waals surface area contributed by atoms with E-state index < -0.39 is 222 Å². The largest absolute Gasteiger partial charge is 0.479 e. The number of carbonyl (C=O) groups is 9. The molecular formula is C83H133N3O26. The summed E-state index contributed by atoms with van der Waals surface area (Å²) >= 11 is 0. The first-order valence-corrected chi connectivity index (χ1v) is 38.9. The van der Waals surface area contributed by atoms with Crippen molar-refractivity contribution in [3.05, 3.63) is 95.7 Å². The molecule has 29 heteroatoms. The molecule has 636 valence electrons. The number of ketones is 1. The van der Waals surface area contributed by atoms with Gasteiger partial charge in [0.05, 0.1) is 104 Å². The number of methoxy groups -OCH3 is 1. The van der Waals surface area contributed by atoms with E-state index in [0.717, 1.165) is 32.6 Å². The number of aliphatic carboxylic acids is 2. The predicted octanol–water partition coefficient (Wildman–Crippen LogP) is 5.26. The Morgan fingerprint density at radius 3 is 1.88 bits per heavy atom. The number of aliphatic hydroxyl groups excluding tert-OH is 11. The van der Waals surface area contributed by atoms with Crippen LogP contribution >= 0.6 is 0 Å². The third-order valence-electron chi connectivity index (χ3n) is 21.6. The molecule has 0 aromatic carbocycles. The van der Waals surface area contributed by atoms with Crippen molar-refractivity contribution in [1.29, 1.82) is 0 Å². The molecule has 1 saturated heterocycles. The smallest absolute Gasteiger partial charge is 0.335 e. The van der Waals surface area contributed by atoms with Crippen molar-refractivity contribution in [2.75, 3.05) is 7.11 Å². The van der Waals surface area contributed by atoms with Gasteiger partial charge in [-0.15, -0.1) is 0 Å². The van der Waals surface area contributed by atoms with Crippen LogP contribution in [0.5, 0.6) is 0 Å². The third kappa shape index (κ3) is 31.9. The van der Waals surface area contributed by atoms with Crippen LogP contribution in [0.2, 0.25) is 0 Å². The van der Waals surface area contributed by atoms with Crippen molar-refractivity contribution in [3.8, 4) is 0 Å². The maximum atomic E-state index is 14.6. The summed E-state index contributed by atoms with van der Waals surface area (Å²) in [4.78, 5) is 120. The predicted molar refractivity (Wildman–Crippen MR) is 417 cm³/mol. The second-order valence-corrected chi connectivity index (χ2v) is 32.6. The summed E-state index contributed by atoms with van der Waals surface area (Å²) < 4.78 is 23.0. The Bertz CT molecular complexity index is 3320. The van der Waals surface area contributed by atoms with Gasteiger partial charge in [0.25, 0.3) is 0 Å². The number of cyclic esters (lactones) is 1. The quantitative estimate of drug-likeness (QED) is 0.0196. The number of hydrogen-bond acceptors (Lipinski definition) is 24. The molecule has 2 aliphatic rings. The fraction of sp³-hybridized carbons (Fsp3) is 0.699. The maximum Gasteiger partial charge on any atom is 0.335 e. The fourth-order valence-electron chi connectivity index (χ4n) is 13.9. The lowest BCUT2D eigenvalue weighted by atomic mass is 9.72. The molecule has 2 rings (SSSR count). The van der Waals surface area contributed by atoms with Crippen LogP contribution in [-0.2, 0) is 62.1 Å². The lowest BCUT2D eigenvalue weighted by Gasteiger charge is -2.38. The highest BCUT2D eigenvalue weighted by Crippen LogP contribution is 2.36. The number of hydrogen-bond donors (Lipinski definition) is 16. The summed E-state index contributed by atoms with van der Waals surface area (Å²) in [5.41, 5.74) is -1.81. The second-order valence-electron chi connectivity index (χ2n) is 32.6. The van der Waals surface area contributed by atoms with Crippen molar-refractivity contribution in [2.24, 2.45) is 64.1 Å². The summed E-state index contributed by atoms with van der Waals surface area (Å²) in [7, 11) is 1.16. The topological polar surface area (TPSA) is 490 Å². The molecule has 0 radical (unpaired) electrons. The Kier molecular flexibility index (Phi) is 43.0. The number of amides is 3. The molecule has 3 amide bonds. The highest BCUT2D eigenvalue weighted by molar-refractivity contribution is 5.95. The minimum atomic E-state index is -2.71. The molecule has 23 unspecified atom stereocenters. The highest BCUT2D eigenvalue weighted by Gasteiger charge is 2.47. The van der Waals surface area contributed by atoms with Gasteiger partial charge in [-0.1, -0.05) is 136 Å². The summed E-state index contributed by atoms with van der Waals surface area (Å²) in [6, 6.07) is -5.55. The number of carboxylic acids is 2. The van der Waals surface area contributed by atoms with E-state index in [4.69, 9.17) is 18.9 Å². The molecule has 16 N–H and O–H groups in total. The van der Waals surface area contributed by atoms with E-state index in [1.807, 2.05) is 24.3 Å². The van der Waals surface area contributed by atoms with Gasteiger partial charge in [-0.25, -0.2) is 14.4 Å². The van der Waals surface area contributed by atoms with E-state index in [9.17, 15) is 110 Å². The molecule has 2 bridgehead atoms. The van der Waals surface area contributed by atoms with Crippen LogP contribution in [0.15, 0.2) is 95.7 Å². The number of ether oxygens (including phenoxy) is 4. The SMILES string of the molecule is COC(=O)C(C)(C)C(O)C(C)C(=O)C(C)(C)/C=C/C(=O)NC(C(O)C(C)C)C(O)C(C)/C=C(\C)C(O)C(C)CCC(O)C(C)C(=O)NC(C(C)O)C1OC(=O)C(C(O)C(=O)O)NC(=O)C=CC=CCCC=CC=CC[C@@H]2C[C@@H](C)C[C@@H](CC(O)C(C)C(O)C(C)=CC(C)C(O)C(C)=CCC(OC(=O)CC(O)C(=O)O)C1C)O2. The lowest BCUT2D eigenvalue weighted by Crippen LogP contribution is -2.59. The average molecular weight is 1590 g/mol. The summed E-state index contributed by atoms with van der Waals surface area (Å²) in [5.74, 6) is -18.0. The van der Waals surface area contributed by atoms with Crippen LogP contribution in [-0.4, -0.2) is 237 Å². The van der Waals surface area contributed by atoms with Gasteiger partial charge >= 0.3 is 29.8 Å². The van der Waals surface area contributed by atoms with Crippen LogP contribution < -0.4 is 16.0 Å². The number of fused-ring (bicyclic) bond motifs is 2. The lowest BCUT2D eigenvalue weighted by molar-refractivity contribution is -0.175. The molecule has 0 saturated carbocycles. The van der Waals surface area contributed by atoms with E-state index in [1.165, 1.54) is 79.7 Å². The van der Waals surface area contributed by atoms with E-state index >= 15 is 0 Å². The van der Waals surface area contributed by atoms with Gasteiger partial charge < -0.3 is 101 Å². The molecule has 112 heavy (non-hydrogen) atoms. The number of carboxylic acid groups (broad SMARTS) is 2. The third-order valence-corrected chi connectivity index (χ3v) is 21.6. The van der Waals surface area contributed by atoms with Crippen molar-refractivity contribution >= 4 is 53.4 Å². The van der Waals surface area contributed by atoms with Crippen LogP contribution in [0.4, 0.5) is 0 Å². The van der Waals surface area contributed by atoms with E-state index in [2.05, 4.69) is 22.9 Å². The zero-order valence-corrected chi connectivity index (χ0v) is 68.8. The number of esters is 3. The van der Waals surface area contributed by atoms with Crippen molar-refractivity contribution < 1.29 is 128 Å². The van der Waals surface area contributed by atoms with Crippen LogP contribution in [0.1, 0.15) is 189 Å². The van der Waals surface area contributed by atoms with Crippen LogP contribution in [0.25, 0.3) is 0 Å². The van der Waals surface area contributed by atoms with Gasteiger partial charge in [0.15, 0.2) is 18.2 Å². The molecule has 2 heterocycles. The van der Waals surface area contributed by atoms with Crippen molar-refractivity contribution in [2.45, 2.75) is 299 Å². The molecule has 2 aliphatic heterocycles. The minimum absolute atomic E-state index is 0.0392. The van der Waals surface area contributed by atoms with Gasteiger partial charge in [0.2, 0.25) is 17.7 Å². The van der Waals surface area contributed by atoms with Crippen LogP contribution in [0.3, 0.4) is 0 Å². The maximum absolute atomic E-state index is 14.6. The molecule has 29 nitrogen and oxygen atoms in total. The van der Waals surface area contributed by atoms with Crippen LogP contribution in [0, 0.1) is 64.1 Å². The van der Waals surface area contributed by atoms with Gasteiger partial charge in [-0.05, 0) is 147 Å². The number of Topliss-reactive ketones (excluding diaryl/α,β-unsaturated/α-hetero) is 1. The zero-order valence-electron chi connectivity index (χ0n) is 68.8. The molecule has 1 fully saturated rings. The Morgan fingerprint density at radius 1 is 0.714 bits per heavy atom. The molecule has 0 aromatic heterocycles. The van der Waals surface area contributed by atoms with Gasteiger partial charge in [-0.2, -0.15) is 0 Å². The Hall–Kier alpha value is -7.13. The van der Waals surface area contributed by atoms with Gasteiger partial charge in [-0.3, -0.25) is 28.8 Å². The second kappa shape index (κ2) is 47.7. The van der Waals surface area contributed by atoms with E-state index in [0.29, 0.717) is 42.7 Å². The summed E-state index contributed by atoms with van der Waals surface area (Å²) in [6.07, 6.45) is 0.673. The number of aliphatic hydroxyl groups is 11. The normalized spacial score (nSPS) is 27.6. The summed E-state index contributed by atoms with van der Waals surface area (Å²) in [5, 5.41) is 152. The van der Waals surface area contributed by atoms with E-state index in [-0.39, 0.29) is 37.0 Å². The Balaban J connectivity index is 2.69. The Labute approximate surface area is 660 Å². The van der Waals surface area contributed by atoms with E-state index in [1.54, 1.807) is 73.6 Å². The standard InChI is InChI=1S/C83H133N3O26/c1-43(2)68(94)66(84-63(92)35-36-82(15,16)75(100)54(13)76(101)83(17,18)81(108)109-19)72(98)50(9)40-48(7)69(95)45(4)31-33-58(88)52(11)77(102)86-65(55(14)87)74-53(12)61(111-64(93)42-60(90)78(103)104)34-32-46(5)70(96)47(6)39-49(8)71(97)51(10)59(89)41-57-38-44(3)37-56(110-57)29-27-25-23-21-20-22-24-26-28-30-62(91)85-67(80(107)112-74)73(99)79(105)106/h21,23-28,30,32,35-36,39-40,43-45,47,50-61,65-74,76,87-90,94-99,101H,20,22,29,31,33-34,37-38,41-42H2,1-19H3,(H,84,92)(H,85,91)(H,86,102)(H,103,104)(H,105,106)/b23-21?,26-24?,27-25?,30-28?,36-35+,46-32?,48-40+,49-39?/t44-,45?,47?,50?,51?,52?,53?,54?,55?,56-,57+,58?,59?,60?,61?,65?,66?,67?,68?,69?,70?,71?,72?,73?,74?,76?/m1/s1. The highest BCUT2D eigenvalue weighted by atomic mass is 16.6. The monoisotopic (exact) mass is 1590 g/mol. The van der Waals surface area contributed by atoms with Crippen molar-refractivity contribution in [3.63, 3.8) is 0 Å². The number of nitrogens with one attached hydrogen (secondary N) is 3. The number of allylic oxidation sites excluding steroid dienone is 7. The fourth-order valence-corrected chi connectivity index (χ4v) is 13.9. The molecule has 26 atom stereocenters. The average Bonchev–Trinajstić information content (AvgIpc) is 0.751.